The van der Waals surface area contributed by atoms with Crippen molar-refractivity contribution in [1.29, 1.82) is 0 Å². The first kappa shape index (κ1) is 7.60. The standard InChI is InChI=1S/C10H18O/c1-7-3-4-10-9(5-7)6-8(2)11-10/h7-10H,3-6H2,1-2H3. The number of hydrogen-bond donors (Lipinski definition) is 0. The van der Waals surface area contributed by atoms with Crippen molar-refractivity contribution in [3.63, 3.8) is 0 Å². The SMILES string of the molecule is CC1CCC2OC(C)CC2C1. The molecule has 64 valence electrons. The summed E-state index contributed by atoms with van der Waals surface area (Å²) in [6, 6.07) is 0. The lowest BCUT2D eigenvalue weighted by atomic mass is 9.80. The molecule has 4 unspecified atom stereocenters. The van der Waals surface area contributed by atoms with Crippen molar-refractivity contribution < 1.29 is 4.74 Å². The van der Waals surface area contributed by atoms with Crippen LogP contribution in [0.3, 0.4) is 0 Å². The molecule has 1 nitrogen and oxygen atoms in total. The van der Waals surface area contributed by atoms with Gasteiger partial charge in [-0.05, 0) is 44.4 Å². The van der Waals surface area contributed by atoms with Crippen LogP contribution in [-0.4, -0.2) is 12.2 Å². The van der Waals surface area contributed by atoms with Crippen LogP contribution < -0.4 is 0 Å². The zero-order valence-electron chi connectivity index (χ0n) is 7.55. The van der Waals surface area contributed by atoms with E-state index in [1.165, 1.54) is 25.7 Å². The van der Waals surface area contributed by atoms with E-state index in [0.29, 0.717) is 12.2 Å². The average Bonchev–Trinajstić information content (AvgIpc) is 2.27. The second-order valence-corrected chi connectivity index (χ2v) is 4.40. The van der Waals surface area contributed by atoms with Gasteiger partial charge < -0.3 is 4.74 Å². The molecule has 0 aromatic rings. The summed E-state index contributed by atoms with van der Waals surface area (Å²) in [4.78, 5) is 0. The van der Waals surface area contributed by atoms with E-state index < -0.39 is 0 Å². The maximum Gasteiger partial charge on any atom is 0.0608 e. The Labute approximate surface area is 69.1 Å². The molecule has 1 saturated carbocycles. The Hall–Kier alpha value is -0.0400. The van der Waals surface area contributed by atoms with Gasteiger partial charge in [0.25, 0.3) is 0 Å². The van der Waals surface area contributed by atoms with Gasteiger partial charge in [0.15, 0.2) is 0 Å². The number of rotatable bonds is 0. The summed E-state index contributed by atoms with van der Waals surface area (Å²) in [6.07, 6.45) is 6.59. The van der Waals surface area contributed by atoms with Crippen LogP contribution in [0.15, 0.2) is 0 Å². The molecule has 1 aliphatic heterocycles. The predicted molar refractivity (Wildman–Crippen MR) is 45.5 cm³/mol. The van der Waals surface area contributed by atoms with Gasteiger partial charge in [-0.25, -0.2) is 0 Å². The van der Waals surface area contributed by atoms with Gasteiger partial charge in [-0.15, -0.1) is 0 Å². The van der Waals surface area contributed by atoms with E-state index in [1.54, 1.807) is 0 Å². The minimum Gasteiger partial charge on any atom is -0.375 e. The Kier molecular flexibility index (Phi) is 1.92. The maximum atomic E-state index is 5.81. The number of hydrogen-bond acceptors (Lipinski definition) is 1. The van der Waals surface area contributed by atoms with Crippen molar-refractivity contribution in [2.75, 3.05) is 0 Å². The molecule has 2 aliphatic rings. The average molecular weight is 154 g/mol. The first-order valence-electron chi connectivity index (χ1n) is 4.91. The van der Waals surface area contributed by atoms with Gasteiger partial charge in [-0.2, -0.15) is 0 Å². The Bertz CT molecular complexity index is 144. The Morgan fingerprint density at radius 1 is 1.09 bits per heavy atom. The zero-order chi connectivity index (χ0) is 7.84. The van der Waals surface area contributed by atoms with Gasteiger partial charge in [0.1, 0.15) is 0 Å². The molecule has 0 radical (unpaired) electrons. The third-order valence-corrected chi connectivity index (χ3v) is 3.22. The minimum atomic E-state index is 0.537. The molecule has 1 saturated heterocycles. The molecule has 1 heteroatoms. The highest BCUT2D eigenvalue weighted by Gasteiger charge is 2.36. The van der Waals surface area contributed by atoms with Crippen LogP contribution in [0.25, 0.3) is 0 Å². The molecule has 1 heterocycles. The summed E-state index contributed by atoms with van der Waals surface area (Å²) < 4.78 is 5.81. The van der Waals surface area contributed by atoms with Crippen molar-refractivity contribution >= 4 is 0 Å². The van der Waals surface area contributed by atoms with Gasteiger partial charge in [0.05, 0.1) is 12.2 Å². The summed E-state index contributed by atoms with van der Waals surface area (Å²) in [7, 11) is 0. The van der Waals surface area contributed by atoms with E-state index in [4.69, 9.17) is 4.74 Å². The fourth-order valence-electron chi connectivity index (χ4n) is 2.68. The van der Waals surface area contributed by atoms with Crippen molar-refractivity contribution in [2.45, 2.75) is 51.7 Å². The number of ether oxygens (including phenoxy) is 1. The molecule has 0 aromatic heterocycles. The van der Waals surface area contributed by atoms with Crippen molar-refractivity contribution in [3.8, 4) is 0 Å². The fourth-order valence-corrected chi connectivity index (χ4v) is 2.68. The maximum absolute atomic E-state index is 5.81. The summed E-state index contributed by atoms with van der Waals surface area (Å²) in [6.45, 7) is 4.59. The van der Waals surface area contributed by atoms with E-state index in [-0.39, 0.29) is 0 Å². The lowest BCUT2D eigenvalue weighted by molar-refractivity contribution is 0.0193. The summed E-state index contributed by atoms with van der Waals surface area (Å²) in [5.74, 6) is 1.85. The third-order valence-electron chi connectivity index (χ3n) is 3.22. The fraction of sp³-hybridized carbons (Fsp3) is 1.00. The highest BCUT2D eigenvalue weighted by atomic mass is 16.5. The topological polar surface area (TPSA) is 9.23 Å². The molecule has 2 fully saturated rings. The Morgan fingerprint density at radius 2 is 1.91 bits per heavy atom. The molecule has 1 aliphatic carbocycles. The summed E-state index contributed by atoms with van der Waals surface area (Å²) in [5.41, 5.74) is 0. The van der Waals surface area contributed by atoms with Crippen LogP contribution in [0, 0.1) is 11.8 Å². The molecule has 0 aromatic carbocycles. The Morgan fingerprint density at radius 3 is 2.73 bits per heavy atom. The van der Waals surface area contributed by atoms with E-state index in [0.717, 1.165) is 11.8 Å². The second-order valence-electron chi connectivity index (χ2n) is 4.40. The highest BCUT2D eigenvalue weighted by molar-refractivity contribution is 4.85. The lowest BCUT2D eigenvalue weighted by Gasteiger charge is -2.28. The molecular weight excluding hydrogens is 136 g/mol. The molecular formula is C10H18O. The van der Waals surface area contributed by atoms with Gasteiger partial charge >= 0.3 is 0 Å². The van der Waals surface area contributed by atoms with E-state index >= 15 is 0 Å². The van der Waals surface area contributed by atoms with Crippen LogP contribution in [0.1, 0.15) is 39.5 Å². The van der Waals surface area contributed by atoms with Crippen molar-refractivity contribution in [3.05, 3.63) is 0 Å². The van der Waals surface area contributed by atoms with E-state index in [1.807, 2.05) is 0 Å². The predicted octanol–water partition coefficient (Wildman–Crippen LogP) is 2.60. The van der Waals surface area contributed by atoms with Gasteiger partial charge in [0.2, 0.25) is 0 Å². The van der Waals surface area contributed by atoms with E-state index in [9.17, 15) is 0 Å². The van der Waals surface area contributed by atoms with Crippen molar-refractivity contribution in [2.24, 2.45) is 11.8 Å². The van der Waals surface area contributed by atoms with Gasteiger partial charge in [0, 0.05) is 0 Å². The van der Waals surface area contributed by atoms with Crippen LogP contribution in [0.4, 0.5) is 0 Å². The largest absolute Gasteiger partial charge is 0.375 e. The molecule has 0 spiro atoms. The first-order chi connectivity index (χ1) is 5.25. The third kappa shape index (κ3) is 1.44. The second kappa shape index (κ2) is 2.78. The minimum absolute atomic E-state index is 0.537. The molecule has 4 atom stereocenters. The van der Waals surface area contributed by atoms with Crippen LogP contribution in [0.2, 0.25) is 0 Å². The Balaban J connectivity index is 1.97. The van der Waals surface area contributed by atoms with Gasteiger partial charge in [-0.1, -0.05) is 6.92 Å². The summed E-state index contributed by atoms with van der Waals surface area (Å²) >= 11 is 0. The van der Waals surface area contributed by atoms with Gasteiger partial charge in [-0.3, -0.25) is 0 Å². The quantitative estimate of drug-likeness (QED) is 0.521. The normalized spacial score (nSPS) is 50.7. The first-order valence-corrected chi connectivity index (χ1v) is 4.91. The molecule has 0 amide bonds. The summed E-state index contributed by atoms with van der Waals surface area (Å²) in [5, 5.41) is 0. The zero-order valence-corrected chi connectivity index (χ0v) is 7.55. The number of fused-ring (bicyclic) bond motifs is 1. The molecule has 11 heavy (non-hydrogen) atoms. The smallest absolute Gasteiger partial charge is 0.0608 e. The van der Waals surface area contributed by atoms with Crippen LogP contribution in [0.5, 0.6) is 0 Å². The molecule has 0 N–H and O–H groups in total. The van der Waals surface area contributed by atoms with E-state index in [2.05, 4.69) is 13.8 Å². The van der Waals surface area contributed by atoms with Crippen LogP contribution in [-0.2, 0) is 4.74 Å². The molecule has 0 bridgehead atoms. The highest BCUT2D eigenvalue weighted by Crippen LogP contribution is 2.39. The lowest BCUT2D eigenvalue weighted by Crippen LogP contribution is -2.24. The monoisotopic (exact) mass is 154 g/mol. The molecule has 2 rings (SSSR count). The van der Waals surface area contributed by atoms with Crippen molar-refractivity contribution in [1.82, 2.24) is 0 Å². The van der Waals surface area contributed by atoms with Crippen LogP contribution >= 0.6 is 0 Å².